The smallest absolute Gasteiger partial charge is 0.248 e. The van der Waals surface area contributed by atoms with Crippen LogP contribution in [0.15, 0.2) is 48.5 Å². The molecule has 40 heavy (non-hydrogen) atoms. The zero-order valence-corrected chi connectivity index (χ0v) is 24.9. The molecule has 3 aliphatic rings. The number of fused-ring (bicyclic) bond motifs is 1. The number of thioether (sulfide) groups is 1. The van der Waals surface area contributed by atoms with Crippen molar-refractivity contribution in [2.45, 2.75) is 82.0 Å². The molecule has 2 unspecified atom stereocenters. The summed E-state index contributed by atoms with van der Waals surface area (Å²) in [5.74, 6) is -1.76. The number of nitrogens with one attached hydrogen (secondary N) is 2. The standard InChI is InChI=1S/C32H41N3O4S/c1-6-20(3)24(18-36)35-27(29(38)34-23-16-19(2)12-13-21(23)4)32-15-14-31(5,40-32)25(26(32)30(35)39)28(37)33-17-22-10-8-7-9-11-22/h7-13,16,20,24-27,36H,6,14-15,17-18H2,1-5H3,(H,33,37)(H,34,38)/t20-,24-,25+,26-,27?,31-,32?/m0/s1. The number of anilines is 1. The van der Waals surface area contributed by atoms with Gasteiger partial charge in [-0.25, -0.2) is 0 Å². The fraction of sp³-hybridized carbons (Fsp3) is 0.531. The predicted molar refractivity (Wildman–Crippen MR) is 159 cm³/mol. The van der Waals surface area contributed by atoms with Crippen LogP contribution in [-0.4, -0.2) is 55.9 Å². The molecule has 7 nitrogen and oxygen atoms in total. The number of amides is 3. The van der Waals surface area contributed by atoms with Gasteiger partial charge in [-0.15, -0.1) is 11.8 Å². The van der Waals surface area contributed by atoms with Crippen LogP contribution >= 0.6 is 11.8 Å². The Morgan fingerprint density at radius 1 is 1.12 bits per heavy atom. The van der Waals surface area contributed by atoms with E-state index in [0.717, 1.165) is 35.2 Å². The molecule has 0 saturated carbocycles. The SMILES string of the molecule is CC[C@H](C)[C@H](CO)N1C(=O)[C@@H]2[C@H](C(=O)NCc3ccccc3)[C@]3(C)CCC2(S3)C1C(=O)Nc1cc(C)ccc1C. The van der Waals surface area contributed by atoms with Gasteiger partial charge in [0.25, 0.3) is 0 Å². The monoisotopic (exact) mass is 563 g/mol. The van der Waals surface area contributed by atoms with Gasteiger partial charge >= 0.3 is 0 Å². The lowest BCUT2D eigenvalue weighted by atomic mass is 9.66. The molecule has 3 saturated heterocycles. The Kier molecular flexibility index (Phi) is 7.79. The van der Waals surface area contributed by atoms with E-state index in [-0.39, 0.29) is 30.2 Å². The van der Waals surface area contributed by atoms with Crippen LogP contribution in [0.4, 0.5) is 5.69 Å². The quantitative estimate of drug-likeness (QED) is 0.419. The van der Waals surface area contributed by atoms with Gasteiger partial charge in [0.1, 0.15) is 6.04 Å². The first-order chi connectivity index (χ1) is 19.1. The van der Waals surface area contributed by atoms with Gasteiger partial charge in [0.15, 0.2) is 0 Å². The van der Waals surface area contributed by atoms with E-state index >= 15 is 0 Å². The van der Waals surface area contributed by atoms with Gasteiger partial charge < -0.3 is 20.6 Å². The summed E-state index contributed by atoms with van der Waals surface area (Å²) < 4.78 is -1.18. The second-order valence-corrected chi connectivity index (χ2v) is 14.0. The maximum atomic E-state index is 14.5. The summed E-state index contributed by atoms with van der Waals surface area (Å²) in [7, 11) is 0. The van der Waals surface area contributed by atoms with Crippen molar-refractivity contribution in [1.29, 1.82) is 0 Å². The van der Waals surface area contributed by atoms with Crippen LogP contribution in [-0.2, 0) is 20.9 Å². The molecule has 0 aromatic heterocycles. The molecule has 214 valence electrons. The Hall–Kier alpha value is -2.84. The van der Waals surface area contributed by atoms with Crippen LogP contribution in [0.1, 0.15) is 56.7 Å². The molecule has 5 rings (SSSR count). The van der Waals surface area contributed by atoms with Gasteiger partial charge in [0.05, 0.1) is 29.2 Å². The minimum atomic E-state index is -0.783. The molecule has 3 heterocycles. The van der Waals surface area contributed by atoms with Crippen LogP contribution in [0, 0.1) is 31.6 Å². The molecule has 3 amide bonds. The van der Waals surface area contributed by atoms with E-state index in [0.29, 0.717) is 13.0 Å². The summed E-state index contributed by atoms with van der Waals surface area (Å²) in [5.41, 5.74) is 3.69. The van der Waals surface area contributed by atoms with Crippen molar-refractivity contribution >= 4 is 35.2 Å². The lowest BCUT2D eigenvalue weighted by Crippen LogP contribution is -2.56. The number of hydrogen-bond donors (Lipinski definition) is 3. The minimum absolute atomic E-state index is 0.0108. The topological polar surface area (TPSA) is 98.7 Å². The highest BCUT2D eigenvalue weighted by molar-refractivity contribution is 8.02. The molecule has 2 bridgehead atoms. The van der Waals surface area contributed by atoms with Gasteiger partial charge in [-0.3, -0.25) is 14.4 Å². The van der Waals surface area contributed by atoms with E-state index in [9.17, 15) is 19.5 Å². The molecule has 7 atom stereocenters. The van der Waals surface area contributed by atoms with Crippen LogP contribution in [0.2, 0.25) is 0 Å². The van der Waals surface area contributed by atoms with Gasteiger partial charge in [0.2, 0.25) is 17.7 Å². The van der Waals surface area contributed by atoms with Gasteiger partial charge in [-0.1, -0.05) is 62.7 Å². The highest BCUT2D eigenvalue weighted by Crippen LogP contribution is 2.71. The third-order valence-corrected chi connectivity index (χ3v) is 11.5. The van der Waals surface area contributed by atoms with Crippen molar-refractivity contribution in [3.05, 3.63) is 65.2 Å². The third-order valence-electron chi connectivity index (χ3n) is 9.55. The van der Waals surface area contributed by atoms with Crippen molar-refractivity contribution in [3.8, 4) is 0 Å². The molecule has 1 spiro atoms. The van der Waals surface area contributed by atoms with E-state index in [1.54, 1.807) is 16.7 Å². The molecule has 3 N–H and O–H groups in total. The van der Waals surface area contributed by atoms with Gasteiger partial charge in [-0.05, 0) is 62.3 Å². The average Bonchev–Trinajstić information content (AvgIpc) is 3.51. The van der Waals surface area contributed by atoms with E-state index in [1.807, 2.05) is 76.2 Å². The number of benzene rings is 2. The highest BCUT2D eigenvalue weighted by Gasteiger charge is 2.77. The summed E-state index contributed by atoms with van der Waals surface area (Å²) >= 11 is 1.65. The zero-order chi connectivity index (χ0) is 28.8. The second kappa shape index (κ2) is 10.9. The number of rotatable bonds is 9. The van der Waals surface area contributed by atoms with Crippen LogP contribution < -0.4 is 10.6 Å². The summed E-state index contributed by atoms with van der Waals surface area (Å²) in [6.07, 6.45) is 2.18. The highest BCUT2D eigenvalue weighted by atomic mass is 32.2. The first kappa shape index (κ1) is 28.7. The van der Waals surface area contributed by atoms with E-state index in [4.69, 9.17) is 0 Å². The maximum absolute atomic E-state index is 14.5. The summed E-state index contributed by atoms with van der Waals surface area (Å²) in [6.45, 7) is 10.2. The van der Waals surface area contributed by atoms with Crippen molar-refractivity contribution in [2.75, 3.05) is 11.9 Å². The molecule has 3 aliphatic heterocycles. The van der Waals surface area contributed by atoms with E-state index < -0.39 is 33.4 Å². The second-order valence-electron chi connectivity index (χ2n) is 12.1. The number of aryl methyl sites for hydroxylation is 2. The summed E-state index contributed by atoms with van der Waals surface area (Å²) in [6, 6.07) is 14.4. The number of carbonyl (C=O) groups excluding carboxylic acids is 3. The molecule has 8 heteroatoms. The molecular weight excluding hydrogens is 522 g/mol. The largest absolute Gasteiger partial charge is 0.394 e. The first-order valence-corrected chi connectivity index (χ1v) is 15.2. The zero-order valence-electron chi connectivity index (χ0n) is 24.1. The fourth-order valence-corrected chi connectivity index (χ4v) is 9.55. The van der Waals surface area contributed by atoms with Crippen molar-refractivity contribution in [1.82, 2.24) is 10.2 Å². The third kappa shape index (κ3) is 4.63. The Morgan fingerprint density at radius 3 is 2.52 bits per heavy atom. The molecule has 2 aromatic carbocycles. The Labute approximate surface area is 241 Å². The maximum Gasteiger partial charge on any atom is 0.248 e. The molecule has 0 radical (unpaired) electrons. The normalized spacial score (nSPS) is 30.2. The summed E-state index contributed by atoms with van der Waals surface area (Å²) in [5, 5.41) is 16.8. The molecular formula is C32H41N3O4S. The Bertz CT molecular complexity index is 1300. The van der Waals surface area contributed by atoms with Crippen molar-refractivity contribution < 1.29 is 19.5 Å². The van der Waals surface area contributed by atoms with Crippen molar-refractivity contribution in [3.63, 3.8) is 0 Å². The number of nitrogens with zero attached hydrogens (tertiary/aromatic N) is 1. The van der Waals surface area contributed by atoms with E-state index in [2.05, 4.69) is 17.6 Å². The number of likely N-dealkylation sites (tertiary alicyclic amines) is 1. The van der Waals surface area contributed by atoms with Crippen LogP contribution in [0.25, 0.3) is 0 Å². The van der Waals surface area contributed by atoms with E-state index in [1.165, 1.54) is 0 Å². The molecule has 3 fully saturated rings. The lowest BCUT2D eigenvalue weighted by Gasteiger charge is -2.39. The predicted octanol–water partition coefficient (Wildman–Crippen LogP) is 4.45. The van der Waals surface area contributed by atoms with Crippen LogP contribution in [0.5, 0.6) is 0 Å². The number of aliphatic hydroxyl groups excluding tert-OH is 1. The molecule has 0 aliphatic carbocycles. The van der Waals surface area contributed by atoms with Gasteiger partial charge in [-0.2, -0.15) is 0 Å². The average molecular weight is 564 g/mol. The number of aliphatic hydroxyl groups is 1. The fourth-order valence-electron chi connectivity index (χ4n) is 7.20. The van der Waals surface area contributed by atoms with Crippen LogP contribution in [0.3, 0.4) is 0 Å². The number of carbonyl (C=O) groups is 3. The lowest BCUT2D eigenvalue weighted by molar-refractivity contribution is -0.143. The Balaban J connectivity index is 1.53. The Morgan fingerprint density at radius 2 is 1.85 bits per heavy atom. The molecule has 2 aromatic rings. The minimum Gasteiger partial charge on any atom is -0.394 e. The first-order valence-electron chi connectivity index (χ1n) is 14.4. The van der Waals surface area contributed by atoms with Gasteiger partial charge in [0, 0.05) is 17.0 Å². The summed E-state index contributed by atoms with van der Waals surface area (Å²) in [4.78, 5) is 44.2. The van der Waals surface area contributed by atoms with Crippen molar-refractivity contribution in [2.24, 2.45) is 17.8 Å². The number of hydrogen-bond acceptors (Lipinski definition) is 5.